The molecular formula is C21H35ClN4O2. The highest BCUT2D eigenvalue weighted by atomic mass is 35.5. The lowest BCUT2D eigenvalue weighted by Crippen LogP contribution is -2.50. The SMILES string of the molecule is CN=C(NCC(C)Oc1ccc(Cl)cc1)NC1CCN(CCOC(C)C)CC1. The Hall–Kier alpha value is -1.50. The third-order valence-electron chi connectivity index (χ3n) is 4.72. The van der Waals surface area contributed by atoms with Crippen LogP contribution in [0, 0.1) is 0 Å². The molecule has 0 radical (unpaired) electrons. The molecule has 2 N–H and O–H groups in total. The molecule has 28 heavy (non-hydrogen) atoms. The quantitative estimate of drug-likeness (QED) is 0.483. The summed E-state index contributed by atoms with van der Waals surface area (Å²) in [6.07, 6.45) is 2.54. The van der Waals surface area contributed by atoms with E-state index in [9.17, 15) is 0 Å². The molecule has 1 aliphatic rings. The number of hydrogen-bond donors (Lipinski definition) is 2. The lowest BCUT2D eigenvalue weighted by Gasteiger charge is -2.33. The number of benzene rings is 1. The van der Waals surface area contributed by atoms with Gasteiger partial charge < -0.3 is 25.0 Å². The van der Waals surface area contributed by atoms with E-state index in [1.54, 1.807) is 7.05 Å². The van der Waals surface area contributed by atoms with Crippen molar-refractivity contribution in [2.24, 2.45) is 4.99 Å². The number of hydrogen-bond acceptors (Lipinski definition) is 4. The van der Waals surface area contributed by atoms with Gasteiger partial charge in [0.2, 0.25) is 0 Å². The van der Waals surface area contributed by atoms with E-state index in [1.807, 2.05) is 31.2 Å². The second kappa shape index (κ2) is 12.1. The molecule has 1 saturated heterocycles. The van der Waals surface area contributed by atoms with Crippen LogP contribution in [0.1, 0.15) is 33.6 Å². The van der Waals surface area contributed by atoms with Crippen LogP contribution in [0.3, 0.4) is 0 Å². The molecule has 6 nitrogen and oxygen atoms in total. The van der Waals surface area contributed by atoms with E-state index in [0.717, 1.165) is 50.8 Å². The van der Waals surface area contributed by atoms with Crippen molar-refractivity contribution >= 4 is 17.6 Å². The van der Waals surface area contributed by atoms with Gasteiger partial charge in [0.15, 0.2) is 5.96 Å². The molecule has 1 atom stereocenters. The first-order valence-electron chi connectivity index (χ1n) is 10.2. The van der Waals surface area contributed by atoms with Gasteiger partial charge >= 0.3 is 0 Å². The van der Waals surface area contributed by atoms with E-state index in [0.29, 0.717) is 23.7 Å². The molecule has 0 bridgehead atoms. The van der Waals surface area contributed by atoms with E-state index >= 15 is 0 Å². The van der Waals surface area contributed by atoms with Crippen molar-refractivity contribution in [3.05, 3.63) is 29.3 Å². The molecule has 0 aliphatic carbocycles. The number of ether oxygens (including phenoxy) is 2. The first kappa shape index (κ1) is 22.8. The molecule has 7 heteroatoms. The van der Waals surface area contributed by atoms with Crippen LogP contribution in [0.4, 0.5) is 0 Å². The number of aliphatic imine (C=N–C) groups is 1. The number of nitrogens with one attached hydrogen (secondary N) is 2. The van der Waals surface area contributed by atoms with Crippen molar-refractivity contribution in [3.63, 3.8) is 0 Å². The zero-order valence-electron chi connectivity index (χ0n) is 17.6. The van der Waals surface area contributed by atoms with Crippen LogP contribution < -0.4 is 15.4 Å². The number of guanidine groups is 1. The van der Waals surface area contributed by atoms with Crippen molar-refractivity contribution in [3.8, 4) is 5.75 Å². The Morgan fingerprint density at radius 2 is 1.89 bits per heavy atom. The first-order valence-corrected chi connectivity index (χ1v) is 10.6. The number of rotatable bonds is 9. The smallest absolute Gasteiger partial charge is 0.191 e. The predicted molar refractivity (Wildman–Crippen MR) is 117 cm³/mol. The Morgan fingerprint density at radius 1 is 1.21 bits per heavy atom. The van der Waals surface area contributed by atoms with Crippen molar-refractivity contribution in [2.45, 2.75) is 51.9 Å². The summed E-state index contributed by atoms with van der Waals surface area (Å²) in [6, 6.07) is 7.87. The predicted octanol–water partition coefficient (Wildman–Crippen LogP) is 3.16. The van der Waals surface area contributed by atoms with Crippen molar-refractivity contribution < 1.29 is 9.47 Å². The largest absolute Gasteiger partial charge is 0.489 e. The first-order chi connectivity index (χ1) is 13.5. The summed E-state index contributed by atoms with van der Waals surface area (Å²) < 4.78 is 11.6. The van der Waals surface area contributed by atoms with E-state index in [1.165, 1.54) is 0 Å². The molecular weight excluding hydrogens is 376 g/mol. The summed E-state index contributed by atoms with van der Waals surface area (Å²) in [5.74, 6) is 1.64. The van der Waals surface area contributed by atoms with E-state index in [4.69, 9.17) is 21.1 Å². The Balaban J connectivity index is 1.65. The maximum Gasteiger partial charge on any atom is 0.191 e. The van der Waals surface area contributed by atoms with E-state index in [-0.39, 0.29) is 6.10 Å². The van der Waals surface area contributed by atoms with Gasteiger partial charge in [0.1, 0.15) is 11.9 Å². The maximum absolute atomic E-state index is 5.91. The summed E-state index contributed by atoms with van der Waals surface area (Å²) in [7, 11) is 1.80. The van der Waals surface area contributed by atoms with Crippen LogP contribution in [0.25, 0.3) is 0 Å². The highest BCUT2D eigenvalue weighted by Gasteiger charge is 2.20. The monoisotopic (exact) mass is 410 g/mol. The van der Waals surface area contributed by atoms with Crippen LogP contribution >= 0.6 is 11.6 Å². The van der Waals surface area contributed by atoms with Gasteiger partial charge in [-0.05, 0) is 57.9 Å². The van der Waals surface area contributed by atoms with Gasteiger partial charge in [0.25, 0.3) is 0 Å². The van der Waals surface area contributed by atoms with Gasteiger partial charge in [-0.15, -0.1) is 0 Å². The average molecular weight is 411 g/mol. The minimum absolute atomic E-state index is 0.0162. The second-order valence-corrected chi connectivity index (χ2v) is 7.95. The number of likely N-dealkylation sites (tertiary alicyclic amines) is 1. The molecule has 0 spiro atoms. The third kappa shape index (κ3) is 8.67. The standard InChI is InChI=1S/C21H35ClN4O2/c1-16(2)27-14-13-26-11-9-19(10-12-26)25-21(23-4)24-15-17(3)28-20-7-5-18(22)6-8-20/h5-8,16-17,19H,9-15H2,1-4H3,(H2,23,24,25). The summed E-state index contributed by atoms with van der Waals surface area (Å²) in [6.45, 7) is 10.9. The minimum Gasteiger partial charge on any atom is -0.489 e. The third-order valence-corrected chi connectivity index (χ3v) is 4.97. The van der Waals surface area contributed by atoms with Crippen LogP contribution in [0.5, 0.6) is 5.75 Å². The van der Waals surface area contributed by atoms with Gasteiger partial charge in [0.05, 0.1) is 19.3 Å². The average Bonchev–Trinajstić information content (AvgIpc) is 2.68. The Bertz CT molecular complexity index is 587. The van der Waals surface area contributed by atoms with Crippen LogP contribution in [0.2, 0.25) is 5.02 Å². The minimum atomic E-state index is 0.0162. The summed E-state index contributed by atoms with van der Waals surface area (Å²) in [5.41, 5.74) is 0. The van der Waals surface area contributed by atoms with Gasteiger partial charge in [-0.3, -0.25) is 4.99 Å². The highest BCUT2D eigenvalue weighted by molar-refractivity contribution is 6.30. The number of nitrogens with zero attached hydrogens (tertiary/aromatic N) is 2. The molecule has 1 unspecified atom stereocenters. The molecule has 0 aromatic heterocycles. The van der Waals surface area contributed by atoms with E-state index < -0.39 is 0 Å². The molecule has 1 fully saturated rings. The lowest BCUT2D eigenvalue weighted by molar-refractivity contribution is 0.0532. The van der Waals surface area contributed by atoms with E-state index in [2.05, 4.69) is 34.4 Å². The molecule has 2 rings (SSSR count). The fraction of sp³-hybridized carbons (Fsp3) is 0.667. The Morgan fingerprint density at radius 3 is 2.50 bits per heavy atom. The van der Waals surface area contributed by atoms with Crippen LogP contribution in [-0.2, 0) is 4.74 Å². The van der Waals surface area contributed by atoms with Crippen LogP contribution in [-0.4, -0.2) is 68.9 Å². The lowest BCUT2D eigenvalue weighted by atomic mass is 10.1. The zero-order chi connectivity index (χ0) is 20.4. The summed E-state index contributed by atoms with van der Waals surface area (Å²) in [4.78, 5) is 6.82. The molecule has 1 aromatic carbocycles. The Kier molecular flexibility index (Phi) is 9.88. The van der Waals surface area contributed by atoms with Crippen molar-refractivity contribution in [2.75, 3.05) is 39.8 Å². The van der Waals surface area contributed by atoms with Crippen LogP contribution in [0.15, 0.2) is 29.3 Å². The normalized spacial score (nSPS) is 17.6. The highest BCUT2D eigenvalue weighted by Crippen LogP contribution is 2.16. The molecule has 0 saturated carbocycles. The van der Waals surface area contributed by atoms with Gasteiger partial charge in [-0.2, -0.15) is 0 Å². The Labute approximate surface area is 174 Å². The molecule has 158 valence electrons. The molecule has 1 heterocycles. The second-order valence-electron chi connectivity index (χ2n) is 7.52. The number of piperidine rings is 1. The van der Waals surface area contributed by atoms with Crippen molar-refractivity contribution in [1.82, 2.24) is 15.5 Å². The molecule has 1 aliphatic heterocycles. The molecule has 1 aromatic rings. The van der Waals surface area contributed by atoms with Crippen molar-refractivity contribution in [1.29, 1.82) is 0 Å². The molecule has 0 amide bonds. The van der Waals surface area contributed by atoms with Gasteiger partial charge in [-0.1, -0.05) is 11.6 Å². The fourth-order valence-electron chi connectivity index (χ4n) is 3.13. The zero-order valence-corrected chi connectivity index (χ0v) is 18.3. The van der Waals surface area contributed by atoms with Gasteiger partial charge in [0, 0.05) is 37.7 Å². The summed E-state index contributed by atoms with van der Waals surface area (Å²) in [5, 5.41) is 7.60. The van der Waals surface area contributed by atoms with Gasteiger partial charge in [-0.25, -0.2) is 0 Å². The maximum atomic E-state index is 5.91. The summed E-state index contributed by atoms with van der Waals surface area (Å²) >= 11 is 5.91. The topological polar surface area (TPSA) is 58.1 Å². The fourth-order valence-corrected chi connectivity index (χ4v) is 3.26. The number of halogens is 1.